The Morgan fingerprint density at radius 2 is 2.04 bits per heavy atom. The summed E-state index contributed by atoms with van der Waals surface area (Å²) in [4.78, 5) is 27.6. The molecule has 0 aliphatic rings. The number of amides is 2. The Kier molecular flexibility index (Phi) is 4.86. The molecule has 0 fully saturated rings. The van der Waals surface area contributed by atoms with Gasteiger partial charge in [0, 0.05) is 11.3 Å². The molecule has 0 saturated carbocycles. The zero-order valence-corrected chi connectivity index (χ0v) is 13.7. The number of hydrogen-bond donors (Lipinski definition) is 2. The van der Waals surface area contributed by atoms with E-state index in [0.29, 0.717) is 18.4 Å². The monoisotopic (exact) mass is 338 g/mol. The van der Waals surface area contributed by atoms with Gasteiger partial charge in [-0.1, -0.05) is 18.2 Å². The van der Waals surface area contributed by atoms with E-state index in [0.717, 1.165) is 21.5 Å². The molecule has 3 rings (SSSR count). The summed E-state index contributed by atoms with van der Waals surface area (Å²) in [5.41, 5.74) is 10.1. The summed E-state index contributed by atoms with van der Waals surface area (Å²) in [5, 5.41) is 2.84. The van der Waals surface area contributed by atoms with Gasteiger partial charge in [-0.2, -0.15) is 0 Å². The minimum absolute atomic E-state index is 0.171. The molecule has 2 amide bonds. The molecule has 121 valence electrons. The second-order valence-electron chi connectivity index (χ2n) is 5.29. The van der Waals surface area contributed by atoms with E-state index in [4.69, 9.17) is 5.73 Å². The highest BCUT2D eigenvalue weighted by molar-refractivity contribution is 7.16. The second kappa shape index (κ2) is 7.23. The van der Waals surface area contributed by atoms with Gasteiger partial charge in [0.25, 0.3) is 0 Å². The number of nitrogens with two attached hydrogens (primary N) is 1. The van der Waals surface area contributed by atoms with Crippen LogP contribution in [0.4, 0.5) is 5.69 Å². The summed E-state index contributed by atoms with van der Waals surface area (Å²) >= 11 is 1.53. The molecule has 2 aromatic carbocycles. The highest BCUT2D eigenvalue weighted by atomic mass is 32.1. The van der Waals surface area contributed by atoms with E-state index in [9.17, 15) is 9.59 Å². The van der Waals surface area contributed by atoms with Crippen molar-refractivity contribution >= 4 is 39.1 Å². The lowest BCUT2D eigenvalue weighted by Gasteiger charge is -2.07. The standard InChI is InChI=1S/C18H16N3O2S/c19-18(23)14-6-2-1-4-12(14)5-3-7-17(22)21-13-8-9-15-16(10-13)24-11-20-15/h1-2,4,6-11H,3,5H2,(H2,19,23)(H,21,22). The molecule has 6 heteroatoms. The van der Waals surface area contributed by atoms with Crippen LogP contribution in [0.1, 0.15) is 22.3 Å². The summed E-state index contributed by atoms with van der Waals surface area (Å²) < 4.78 is 1.03. The molecule has 0 saturated heterocycles. The summed E-state index contributed by atoms with van der Waals surface area (Å²) in [7, 11) is 0. The maximum atomic E-state index is 12.0. The molecule has 3 N–H and O–H groups in total. The highest BCUT2D eigenvalue weighted by Gasteiger charge is 2.09. The molecule has 1 aromatic heterocycles. The third-order valence-electron chi connectivity index (χ3n) is 3.63. The number of fused-ring (bicyclic) bond motifs is 1. The Balaban J connectivity index is 1.55. The summed E-state index contributed by atoms with van der Waals surface area (Å²) in [6.07, 6.45) is 2.69. The van der Waals surface area contributed by atoms with E-state index in [1.165, 1.54) is 11.3 Å². The van der Waals surface area contributed by atoms with Crippen LogP contribution in [0.3, 0.4) is 0 Å². The normalized spacial score (nSPS) is 10.7. The van der Waals surface area contributed by atoms with Crippen LogP contribution in [-0.4, -0.2) is 16.8 Å². The van der Waals surface area contributed by atoms with Crippen LogP contribution >= 0.6 is 11.3 Å². The third-order valence-corrected chi connectivity index (χ3v) is 4.42. The zero-order valence-electron chi connectivity index (χ0n) is 12.9. The van der Waals surface area contributed by atoms with Crippen molar-refractivity contribution < 1.29 is 9.59 Å². The molecule has 1 radical (unpaired) electrons. The van der Waals surface area contributed by atoms with E-state index in [-0.39, 0.29) is 5.91 Å². The number of rotatable bonds is 6. The minimum atomic E-state index is -0.451. The van der Waals surface area contributed by atoms with Gasteiger partial charge in [-0.25, -0.2) is 4.98 Å². The smallest absolute Gasteiger partial charge is 0.248 e. The predicted molar refractivity (Wildman–Crippen MR) is 95.8 cm³/mol. The number of aryl methyl sites for hydroxylation is 1. The first-order chi connectivity index (χ1) is 11.6. The fraction of sp³-hybridized carbons (Fsp3) is 0.111. The number of aromatic nitrogens is 1. The Hall–Kier alpha value is -2.73. The van der Waals surface area contributed by atoms with Crippen molar-refractivity contribution in [2.75, 3.05) is 5.32 Å². The molecule has 0 aliphatic carbocycles. The number of primary amides is 1. The number of benzene rings is 2. The van der Waals surface area contributed by atoms with Crippen molar-refractivity contribution in [3.63, 3.8) is 0 Å². The number of carbonyl (C=O) groups is 2. The van der Waals surface area contributed by atoms with Gasteiger partial charge in [-0.05, 0) is 42.7 Å². The van der Waals surface area contributed by atoms with E-state index >= 15 is 0 Å². The lowest BCUT2D eigenvalue weighted by Crippen LogP contribution is -2.15. The van der Waals surface area contributed by atoms with E-state index in [1.54, 1.807) is 24.1 Å². The Morgan fingerprint density at radius 1 is 1.21 bits per heavy atom. The largest absolute Gasteiger partial charge is 0.366 e. The number of anilines is 1. The summed E-state index contributed by atoms with van der Waals surface area (Å²) in [6.45, 7) is 0. The summed E-state index contributed by atoms with van der Waals surface area (Å²) in [5.74, 6) is -0.622. The number of nitrogens with one attached hydrogen (secondary N) is 1. The second-order valence-corrected chi connectivity index (χ2v) is 6.17. The van der Waals surface area contributed by atoms with Gasteiger partial charge >= 0.3 is 0 Å². The molecular weight excluding hydrogens is 322 g/mol. The lowest BCUT2D eigenvalue weighted by atomic mass is 10.0. The number of thiazole rings is 1. The first kappa shape index (κ1) is 16.1. The number of nitrogens with zero attached hydrogens (tertiary/aromatic N) is 1. The molecule has 0 bridgehead atoms. The molecular formula is C18H16N3O2S. The van der Waals surface area contributed by atoms with Crippen LogP contribution in [0, 0.1) is 6.42 Å². The van der Waals surface area contributed by atoms with Crippen LogP contribution in [0.25, 0.3) is 10.2 Å². The van der Waals surface area contributed by atoms with Crippen molar-refractivity contribution in [1.29, 1.82) is 0 Å². The van der Waals surface area contributed by atoms with Crippen molar-refractivity contribution in [1.82, 2.24) is 4.98 Å². The SMILES string of the molecule is NC(=O)c1ccccc1CC[CH]C(=O)Nc1ccc2ncsc2c1. The van der Waals surface area contributed by atoms with Crippen molar-refractivity contribution in [2.45, 2.75) is 12.8 Å². The average Bonchev–Trinajstić information content (AvgIpc) is 3.03. The minimum Gasteiger partial charge on any atom is -0.366 e. The maximum Gasteiger partial charge on any atom is 0.248 e. The average molecular weight is 338 g/mol. The molecule has 0 spiro atoms. The van der Waals surface area contributed by atoms with Gasteiger partial charge in [0.2, 0.25) is 11.8 Å². The van der Waals surface area contributed by atoms with E-state index < -0.39 is 5.91 Å². The molecule has 0 aliphatic heterocycles. The zero-order chi connectivity index (χ0) is 16.9. The molecule has 0 unspecified atom stereocenters. The molecule has 3 aromatic rings. The fourth-order valence-electron chi connectivity index (χ4n) is 2.46. The predicted octanol–water partition coefficient (Wildman–Crippen LogP) is 3.17. The van der Waals surface area contributed by atoms with Gasteiger partial charge < -0.3 is 11.1 Å². The Labute approximate surface area is 143 Å². The Bertz CT molecular complexity index is 889. The first-order valence-corrected chi connectivity index (χ1v) is 8.36. The van der Waals surface area contributed by atoms with Gasteiger partial charge in [0.05, 0.1) is 22.1 Å². The van der Waals surface area contributed by atoms with Gasteiger partial charge in [0.1, 0.15) is 0 Å². The number of carbonyl (C=O) groups excluding carboxylic acids is 2. The molecule has 1 heterocycles. The van der Waals surface area contributed by atoms with Crippen LogP contribution in [0.2, 0.25) is 0 Å². The van der Waals surface area contributed by atoms with Crippen molar-refractivity contribution in [2.24, 2.45) is 5.73 Å². The third kappa shape index (κ3) is 3.78. The quantitative estimate of drug-likeness (QED) is 0.724. The maximum absolute atomic E-state index is 12.0. The fourth-order valence-corrected chi connectivity index (χ4v) is 3.18. The molecule has 5 nitrogen and oxygen atoms in total. The van der Waals surface area contributed by atoms with Crippen molar-refractivity contribution in [3.05, 3.63) is 65.5 Å². The van der Waals surface area contributed by atoms with Gasteiger partial charge in [-0.15, -0.1) is 11.3 Å². The Morgan fingerprint density at radius 3 is 2.88 bits per heavy atom. The van der Waals surface area contributed by atoms with Crippen LogP contribution < -0.4 is 11.1 Å². The van der Waals surface area contributed by atoms with Gasteiger partial charge in [-0.3, -0.25) is 9.59 Å². The first-order valence-electron chi connectivity index (χ1n) is 7.48. The van der Waals surface area contributed by atoms with E-state index in [2.05, 4.69) is 10.3 Å². The molecule has 24 heavy (non-hydrogen) atoms. The van der Waals surface area contributed by atoms with Gasteiger partial charge in [0.15, 0.2) is 0 Å². The topological polar surface area (TPSA) is 85.1 Å². The highest BCUT2D eigenvalue weighted by Crippen LogP contribution is 2.22. The summed E-state index contributed by atoms with van der Waals surface area (Å²) in [6, 6.07) is 12.8. The number of hydrogen-bond acceptors (Lipinski definition) is 4. The lowest BCUT2D eigenvalue weighted by molar-refractivity contribution is -0.113. The van der Waals surface area contributed by atoms with Crippen molar-refractivity contribution in [3.8, 4) is 0 Å². The van der Waals surface area contributed by atoms with E-state index in [1.807, 2.05) is 30.3 Å². The van der Waals surface area contributed by atoms with Crippen LogP contribution in [-0.2, 0) is 11.2 Å². The molecule has 0 atom stereocenters. The van der Waals surface area contributed by atoms with Crippen LogP contribution in [0.15, 0.2) is 48.0 Å². The van der Waals surface area contributed by atoms with Crippen LogP contribution in [0.5, 0.6) is 0 Å².